The van der Waals surface area contributed by atoms with E-state index in [9.17, 15) is 14.4 Å². The first-order valence-electron chi connectivity index (χ1n) is 2.80. The van der Waals surface area contributed by atoms with Crippen LogP contribution in [0.2, 0.25) is 0 Å². The fourth-order valence-corrected chi connectivity index (χ4v) is 0.793. The number of ether oxygens (including phenoxy) is 1. The summed E-state index contributed by atoms with van der Waals surface area (Å²) in [7, 11) is 0. The molecule has 0 radical (unpaired) electrons. The van der Waals surface area contributed by atoms with Gasteiger partial charge in [0.2, 0.25) is 6.10 Å². The van der Waals surface area contributed by atoms with Gasteiger partial charge in [-0.15, -0.1) is 0 Å². The van der Waals surface area contributed by atoms with Crippen LogP contribution in [0.4, 0.5) is 0 Å². The van der Waals surface area contributed by atoms with E-state index in [-0.39, 0.29) is 0 Å². The first kappa shape index (κ1) is 8.47. The average molecular weight is 176 g/mol. The smallest absolute Gasteiger partial charge is 0.351 e. The predicted molar refractivity (Wildman–Crippen MR) is 30.5 cm³/mol. The molecule has 0 aromatic heterocycles. The van der Waals surface area contributed by atoms with E-state index in [1.54, 1.807) is 0 Å². The molecule has 1 fully saturated rings. The van der Waals surface area contributed by atoms with Gasteiger partial charge >= 0.3 is 23.5 Å². The standard InChI is InChI=1S/C5H4O7/c6-2(7)1-5(12-1,3(8)9)4(10)11/h1H,(H,6,7)(H,8,9)(H,10,11). The van der Waals surface area contributed by atoms with E-state index in [4.69, 9.17) is 15.3 Å². The zero-order valence-corrected chi connectivity index (χ0v) is 5.55. The molecule has 0 saturated carbocycles. The lowest BCUT2D eigenvalue weighted by Crippen LogP contribution is -2.38. The van der Waals surface area contributed by atoms with Gasteiger partial charge in [-0.1, -0.05) is 0 Å². The minimum atomic E-state index is -2.58. The summed E-state index contributed by atoms with van der Waals surface area (Å²) in [6, 6.07) is 0. The zero-order chi connectivity index (χ0) is 9.52. The molecule has 0 spiro atoms. The van der Waals surface area contributed by atoms with Gasteiger partial charge in [-0.05, 0) is 0 Å². The molecule has 1 unspecified atom stereocenters. The fourth-order valence-electron chi connectivity index (χ4n) is 0.793. The van der Waals surface area contributed by atoms with E-state index < -0.39 is 29.6 Å². The minimum absolute atomic E-state index is 1.60. The van der Waals surface area contributed by atoms with Gasteiger partial charge in [0.1, 0.15) is 0 Å². The van der Waals surface area contributed by atoms with Crippen LogP contribution in [0, 0.1) is 0 Å². The third-order valence-corrected chi connectivity index (χ3v) is 1.48. The van der Waals surface area contributed by atoms with E-state index >= 15 is 0 Å². The van der Waals surface area contributed by atoms with Gasteiger partial charge in [0.05, 0.1) is 0 Å². The van der Waals surface area contributed by atoms with Crippen molar-refractivity contribution in [3.8, 4) is 0 Å². The van der Waals surface area contributed by atoms with Crippen LogP contribution >= 0.6 is 0 Å². The number of carboxylic acids is 3. The maximum Gasteiger partial charge on any atom is 0.351 e. The van der Waals surface area contributed by atoms with Gasteiger partial charge in [-0.3, -0.25) is 0 Å². The number of hydrogen-bond acceptors (Lipinski definition) is 4. The van der Waals surface area contributed by atoms with Gasteiger partial charge in [0, 0.05) is 0 Å². The molecule has 7 nitrogen and oxygen atoms in total. The van der Waals surface area contributed by atoms with Crippen molar-refractivity contribution >= 4 is 17.9 Å². The SMILES string of the molecule is O=C(O)C1OC1(C(=O)O)C(=O)O. The second kappa shape index (κ2) is 2.18. The summed E-state index contributed by atoms with van der Waals surface area (Å²) in [6.45, 7) is 0. The quantitative estimate of drug-likeness (QED) is 0.348. The molecule has 66 valence electrons. The Labute approximate surface area is 65.2 Å². The summed E-state index contributed by atoms with van der Waals surface area (Å²) in [5.41, 5.74) is -2.58. The summed E-state index contributed by atoms with van der Waals surface area (Å²) in [5.74, 6) is -5.20. The maximum absolute atomic E-state index is 10.3. The lowest BCUT2D eigenvalue weighted by atomic mass is 10.1. The molecule has 0 aromatic rings. The van der Waals surface area contributed by atoms with Gasteiger partial charge in [0.15, 0.2) is 0 Å². The summed E-state index contributed by atoms with van der Waals surface area (Å²) < 4.78 is 4.09. The van der Waals surface area contributed by atoms with Crippen LogP contribution in [0.15, 0.2) is 0 Å². The highest BCUT2D eigenvalue weighted by Crippen LogP contribution is 2.37. The Morgan fingerprint density at radius 2 is 1.50 bits per heavy atom. The lowest BCUT2D eigenvalue weighted by Gasteiger charge is -1.97. The van der Waals surface area contributed by atoms with Gasteiger partial charge in [0.25, 0.3) is 0 Å². The molecule has 12 heavy (non-hydrogen) atoms. The number of carbonyl (C=O) groups is 3. The van der Waals surface area contributed by atoms with Crippen LogP contribution in [0.25, 0.3) is 0 Å². The van der Waals surface area contributed by atoms with Crippen molar-refractivity contribution < 1.29 is 34.4 Å². The third-order valence-electron chi connectivity index (χ3n) is 1.48. The van der Waals surface area contributed by atoms with Gasteiger partial charge in [-0.2, -0.15) is 0 Å². The molecule has 0 aliphatic carbocycles. The first-order valence-corrected chi connectivity index (χ1v) is 2.80. The second-order valence-corrected chi connectivity index (χ2v) is 2.18. The second-order valence-electron chi connectivity index (χ2n) is 2.18. The molecular formula is C5H4O7. The van der Waals surface area contributed by atoms with Crippen molar-refractivity contribution in [1.29, 1.82) is 0 Å². The molecule has 0 aromatic carbocycles. The molecule has 1 rings (SSSR count). The normalized spacial score (nSPS) is 24.5. The lowest BCUT2D eigenvalue weighted by molar-refractivity contribution is -0.157. The monoisotopic (exact) mass is 176 g/mol. The van der Waals surface area contributed by atoms with Gasteiger partial charge < -0.3 is 20.1 Å². The molecule has 1 heterocycles. The summed E-state index contributed by atoms with van der Waals surface area (Å²) in [5, 5.41) is 24.9. The van der Waals surface area contributed by atoms with Crippen molar-refractivity contribution in [2.45, 2.75) is 11.7 Å². The first-order chi connectivity index (χ1) is 5.43. The van der Waals surface area contributed by atoms with E-state index in [0.717, 1.165) is 0 Å². The predicted octanol–water partition coefficient (Wildman–Crippen LogP) is -1.62. The van der Waals surface area contributed by atoms with Crippen molar-refractivity contribution in [1.82, 2.24) is 0 Å². The Balaban J connectivity index is 2.90. The fraction of sp³-hybridized carbons (Fsp3) is 0.400. The van der Waals surface area contributed by atoms with Crippen LogP contribution in [0.3, 0.4) is 0 Å². The molecular weight excluding hydrogens is 172 g/mol. The van der Waals surface area contributed by atoms with Crippen molar-refractivity contribution in [3.05, 3.63) is 0 Å². The van der Waals surface area contributed by atoms with E-state index in [1.165, 1.54) is 0 Å². The van der Waals surface area contributed by atoms with Crippen LogP contribution < -0.4 is 0 Å². The largest absolute Gasteiger partial charge is 0.479 e. The molecule has 1 aliphatic heterocycles. The molecule has 0 bridgehead atoms. The Kier molecular flexibility index (Phi) is 1.54. The van der Waals surface area contributed by atoms with Crippen LogP contribution in [-0.2, 0) is 19.1 Å². The van der Waals surface area contributed by atoms with E-state index in [2.05, 4.69) is 4.74 Å². The number of epoxide rings is 1. The molecule has 1 atom stereocenters. The number of rotatable bonds is 3. The Bertz CT molecular complexity index is 253. The highest BCUT2D eigenvalue weighted by Gasteiger charge is 2.73. The Morgan fingerprint density at radius 1 is 1.08 bits per heavy atom. The summed E-state index contributed by atoms with van der Waals surface area (Å²) in [6.07, 6.45) is -1.78. The highest BCUT2D eigenvalue weighted by atomic mass is 16.7. The number of hydrogen-bond donors (Lipinski definition) is 3. The average Bonchev–Trinajstić information content (AvgIpc) is 2.60. The molecule has 1 aliphatic rings. The zero-order valence-electron chi connectivity index (χ0n) is 5.55. The van der Waals surface area contributed by atoms with E-state index in [1.807, 2.05) is 0 Å². The molecule has 7 heteroatoms. The van der Waals surface area contributed by atoms with Crippen molar-refractivity contribution in [2.75, 3.05) is 0 Å². The summed E-state index contributed by atoms with van der Waals surface area (Å²) in [4.78, 5) is 30.7. The van der Waals surface area contributed by atoms with Crippen molar-refractivity contribution in [3.63, 3.8) is 0 Å². The van der Waals surface area contributed by atoms with Crippen molar-refractivity contribution in [2.24, 2.45) is 0 Å². The number of aliphatic carboxylic acids is 3. The van der Waals surface area contributed by atoms with Crippen LogP contribution in [0.5, 0.6) is 0 Å². The number of carboxylic acid groups (broad SMARTS) is 3. The Morgan fingerprint density at radius 3 is 1.58 bits per heavy atom. The van der Waals surface area contributed by atoms with Crippen LogP contribution in [0.1, 0.15) is 0 Å². The van der Waals surface area contributed by atoms with E-state index in [0.29, 0.717) is 0 Å². The van der Waals surface area contributed by atoms with Gasteiger partial charge in [-0.25, -0.2) is 14.4 Å². The summed E-state index contributed by atoms with van der Waals surface area (Å²) >= 11 is 0. The molecule has 0 amide bonds. The minimum Gasteiger partial charge on any atom is -0.479 e. The Hall–Kier alpha value is -1.63. The molecule has 1 saturated heterocycles. The third kappa shape index (κ3) is 0.832. The van der Waals surface area contributed by atoms with Crippen LogP contribution in [-0.4, -0.2) is 44.9 Å². The highest BCUT2D eigenvalue weighted by molar-refractivity contribution is 6.10. The topological polar surface area (TPSA) is 124 Å². The maximum atomic E-state index is 10.3. The molecule has 3 N–H and O–H groups in total.